The lowest BCUT2D eigenvalue weighted by Gasteiger charge is -2.29. The van der Waals surface area contributed by atoms with E-state index in [0.717, 1.165) is 5.56 Å². The number of benzene rings is 2. The van der Waals surface area contributed by atoms with Crippen LogP contribution in [0.1, 0.15) is 26.3 Å². The Morgan fingerprint density at radius 1 is 1.00 bits per heavy atom. The Kier molecular flexibility index (Phi) is 8.65. The van der Waals surface area contributed by atoms with Gasteiger partial charge in [0.15, 0.2) is 6.61 Å². The van der Waals surface area contributed by atoms with Gasteiger partial charge in [0.05, 0.1) is 7.11 Å². The molecule has 1 unspecified atom stereocenters. The van der Waals surface area contributed by atoms with Gasteiger partial charge in [-0.15, -0.1) is 0 Å². The fraction of sp³-hybridized carbons (Fsp3) is 0.391. The predicted molar refractivity (Wildman–Crippen MR) is 113 cm³/mol. The number of nitrogens with zero attached hydrogens (tertiary/aromatic N) is 1. The van der Waals surface area contributed by atoms with Gasteiger partial charge >= 0.3 is 0 Å². The average Bonchev–Trinajstić information content (AvgIpc) is 2.75. The Balaban J connectivity index is 2.12. The minimum atomic E-state index is -0.685. The van der Waals surface area contributed by atoms with Crippen molar-refractivity contribution in [2.24, 2.45) is 5.92 Å². The quantitative estimate of drug-likeness (QED) is 0.645. The summed E-state index contributed by atoms with van der Waals surface area (Å²) in [4.78, 5) is 27.0. The lowest BCUT2D eigenvalue weighted by Crippen LogP contribution is -2.49. The van der Waals surface area contributed by atoms with E-state index in [1.54, 1.807) is 26.2 Å². The average molecular weight is 416 g/mol. The molecule has 1 N–H and O–H groups in total. The van der Waals surface area contributed by atoms with E-state index in [9.17, 15) is 14.0 Å². The molecular weight excluding hydrogens is 387 g/mol. The number of rotatable bonds is 10. The van der Waals surface area contributed by atoms with Crippen LogP contribution in [0.15, 0.2) is 48.5 Å². The molecule has 0 aliphatic rings. The van der Waals surface area contributed by atoms with Crippen molar-refractivity contribution < 1.29 is 23.5 Å². The molecule has 6 nitrogen and oxygen atoms in total. The molecule has 2 aromatic carbocycles. The van der Waals surface area contributed by atoms with Crippen molar-refractivity contribution in [2.75, 3.05) is 20.3 Å². The number of halogens is 1. The Morgan fingerprint density at radius 2 is 1.60 bits per heavy atom. The smallest absolute Gasteiger partial charge is 0.261 e. The van der Waals surface area contributed by atoms with Gasteiger partial charge in [-0.25, -0.2) is 4.39 Å². The third-order valence-corrected chi connectivity index (χ3v) is 4.54. The normalized spacial score (nSPS) is 11.7. The molecular formula is C23H29FN2O4. The Labute approximate surface area is 177 Å². The number of ether oxygens (including phenoxy) is 2. The van der Waals surface area contributed by atoms with Crippen LogP contribution >= 0.6 is 0 Å². The van der Waals surface area contributed by atoms with E-state index in [0.29, 0.717) is 24.0 Å². The van der Waals surface area contributed by atoms with Crippen LogP contribution in [0.2, 0.25) is 0 Å². The van der Waals surface area contributed by atoms with Crippen LogP contribution in [-0.2, 0) is 16.1 Å². The van der Waals surface area contributed by atoms with Crippen molar-refractivity contribution in [3.63, 3.8) is 0 Å². The van der Waals surface area contributed by atoms with E-state index >= 15 is 0 Å². The number of methoxy groups -OCH3 is 1. The first-order chi connectivity index (χ1) is 14.3. The lowest BCUT2D eigenvalue weighted by atomic mass is 10.1. The van der Waals surface area contributed by atoms with Gasteiger partial charge in [-0.1, -0.05) is 26.0 Å². The maximum Gasteiger partial charge on any atom is 0.261 e. The summed E-state index contributed by atoms with van der Waals surface area (Å²) in [5.74, 6) is 0.429. The highest BCUT2D eigenvalue weighted by molar-refractivity contribution is 5.87. The zero-order chi connectivity index (χ0) is 22.1. The van der Waals surface area contributed by atoms with Gasteiger partial charge in [0, 0.05) is 13.1 Å². The Bertz CT molecular complexity index is 822. The molecule has 0 bridgehead atoms. The lowest BCUT2D eigenvalue weighted by molar-refractivity contribution is -0.142. The van der Waals surface area contributed by atoms with Crippen molar-refractivity contribution in [1.29, 1.82) is 0 Å². The van der Waals surface area contributed by atoms with Crippen LogP contribution in [0.3, 0.4) is 0 Å². The van der Waals surface area contributed by atoms with Crippen molar-refractivity contribution in [2.45, 2.75) is 33.4 Å². The third-order valence-electron chi connectivity index (χ3n) is 4.54. The largest absolute Gasteiger partial charge is 0.497 e. The first kappa shape index (κ1) is 23.2. The van der Waals surface area contributed by atoms with Gasteiger partial charge in [-0.3, -0.25) is 9.59 Å². The summed E-state index contributed by atoms with van der Waals surface area (Å²) in [6.07, 6.45) is 0. The Hall–Kier alpha value is -3.09. The summed E-state index contributed by atoms with van der Waals surface area (Å²) in [6, 6.07) is 12.0. The van der Waals surface area contributed by atoms with E-state index in [2.05, 4.69) is 5.32 Å². The van der Waals surface area contributed by atoms with Crippen molar-refractivity contribution in [3.8, 4) is 11.5 Å². The minimum absolute atomic E-state index is 0.229. The molecule has 2 rings (SSSR count). The fourth-order valence-electron chi connectivity index (χ4n) is 2.72. The summed E-state index contributed by atoms with van der Waals surface area (Å²) in [6.45, 7) is 6.20. The maximum atomic E-state index is 13.1. The molecule has 0 aliphatic carbocycles. The monoisotopic (exact) mass is 416 g/mol. The van der Waals surface area contributed by atoms with Crippen molar-refractivity contribution in [1.82, 2.24) is 10.2 Å². The maximum absolute atomic E-state index is 13.1. The molecule has 0 spiro atoms. The van der Waals surface area contributed by atoms with Gasteiger partial charge < -0.3 is 19.7 Å². The molecule has 2 aromatic rings. The number of amides is 2. The number of carbonyl (C=O) groups is 2. The van der Waals surface area contributed by atoms with Gasteiger partial charge in [-0.05, 0) is 54.8 Å². The van der Waals surface area contributed by atoms with E-state index in [1.165, 1.54) is 29.2 Å². The molecule has 30 heavy (non-hydrogen) atoms. The number of hydrogen-bond donors (Lipinski definition) is 1. The molecule has 7 heteroatoms. The van der Waals surface area contributed by atoms with E-state index in [4.69, 9.17) is 9.47 Å². The van der Waals surface area contributed by atoms with Crippen LogP contribution in [0.4, 0.5) is 4.39 Å². The van der Waals surface area contributed by atoms with E-state index < -0.39 is 6.04 Å². The van der Waals surface area contributed by atoms with Crippen LogP contribution in [-0.4, -0.2) is 43.0 Å². The van der Waals surface area contributed by atoms with Crippen LogP contribution in [0.5, 0.6) is 11.5 Å². The molecule has 162 valence electrons. The number of nitrogens with one attached hydrogen (secondary N) is 1. The molecule has 0 saturated carbocycles. The molecule has 0 aliphatic heterocycles. The first-order valence-electron chi connectivity index (χ1n) is 9.88. The number of hydrogen-bond acceptors (Lipinski definition) is 4. The van der Waals surface area contributed by atoms with Gasteiger partial charge in [0.25, 0.3) is 5.91 Å². The van der Waals surface area contributed by atoms with Crippen LogP contribution < -0.4 is 14.8 Å². The Morgan fingerprint density at radius 3 is 2.17 bits per heavy atom. The minimum Gasteiger partial charge on any atom is -0.497 e. The molecule has 0 radical (unpaired) electrons. The summed E-state index contributed by atoms with van der Waals surface area (Å²) < 4.78 is 23.7. The second-order valence-corrected chi connectivity index (χ2v) is 7.43. The third kappa shape index (κ3) is 7.06. The highest BCUT2D eigenvalue weighted by Crippen LogP contribution is 2.16. The van der Waals surface area contributed by atoms with Gasteiger partial charge in [-0.2, -0.15) is 0 Å². The number of carbonyl (C=O) groups excluding carboxylic acids is 2. The second kappa shape index (κ2) is 11.2. The summed E-state index contributed by atoms with van der Waals surface area (Å²) in [5.41, 5.74) is 0.856. The molecule has 0 fully saturated rings. The van der Waals surface area contributed by atoms with Crippen molar-refractivity contribution in [3.05, 3.63) is 59.9 Å². The molecule has 0 saturated heterocycles. The van der Waals surface area contributed by atoms with E-state index in [-0.39, 0.29) is 30.8 Å². The molecule has 2 amide bonds. The van der Waals surface area contributed by atoms with Gasteiger partial charge in [0.1, 0.15) is 23.4 Å². The molecule has 0 aromatic heterocycles. The SMILES string of the molecule is COc1ccc(CN(C(=O)COc2ccc(F)cc2)C(C)C(=O)NCC(C)C)cc1. The molecule has 1 atom stereocenters. The van der Waals surface area contributed by atoms with Crippen LogP contribution in [0, 0.1) is 11.7 Å². The predicted octanol–water partition coefficient (Wildman–Crippen LogP) is 3.40. The second-order valence-electron chi connectivity index (χ2n) is 7.43. The van der Waals surface area contributed by atoms with Gasteiger partial charge in [0.2, 0.25) is 5.91 Å². The summed E-state index contributed by atoms with van der Waals surface area (Å²) in [7, 11) is 1.58. The fourth-order valence-corrected chi connectivity index (χ4v) is 2.72. The molecule has 0 heterocycles. The summed E-state index contributed by atoms with van der Waals surface area (Å²) >= 11 is 0. The highest BCUT2D eigenvalue weighted by Gasteiger charge is 2.26. The topological polar surface area (TPSA) is 67.9 Å². The van der Waals surface area contributed by atoms with Crippen LogP contribution in [0.25, 0.3) is 0 Å². The first-order valence-corrected chi connectivity index (χ1v) is 9.88. The van der Waals surface area contributed by atoms with E-state index in [1.807, 2.05) is 26.0 Å². The standard InChI is InChI=1S/C23H29FN2O4/c1-16(2)13-25-23(28)17(3)26(14-18-5-9-20(29-4)10-6-18)22(27)15-30-21-11-7-19(24)8-12-21/h5-12,16-17H,13-15H2,1-4H3,(H,25,28). The van der Waals surface area contributed by atoms with Crippen molar-refractivity contribution >= 4 is 11.8 Å². The summed E-state index contributed by atoms with van der Waals surface area (Å²) in [5, 5.41) is 2.87. The zero-order valence-electron chi connectivity index (χ0n) is 17.9. The zero-order valence-corrected chi connectivity index (χ0v) is 17.9. The highest BCUT2D eigenvalue weighted by atomic mass is 19.1.